The second-order valence-electron chi connectivity index (χ2n) is 5.84. The molecule has 2 saturated heterocycles. The molecule has 0 unspecified atom stereocenters. The number of nitrogens with one attached hydrogen (secondary N) is 1. The molecule has 4 nitrogen and oxygen atoms in total. The molecule has 2 heterocycles. The van der Waals surface area contributed by atoms with E-state index in [1.165, 1.54) is 0 Å². The molecule has 2 aliphatic heterocycles. The Morgan fingerprint density at radius 2 is 2.00 bits per heavy atom. The van der Waals surface area contributed by atoms with Crippen molar-refractivity contribution in [3.05, 3.63) is 0 Å². The van der Waals surface area contributed by atoms with Gasteiger partial charge in [-0.05, 0) is 46.2 Å². The number of nitrogens with zero attached hydrogens (tertiary/aromatic N) is 2. The van der Waals surface area contributed by atoms with Gasteiger partial charge in [0, 0.05) is 25.2 Å². The highest BCUT2D eigenvalue weighted by Crippen LogP contribution is 2.28. The van der Waals surface area contributed by atoms with Crippen LogP contribution in [-0.2, 0) is 4.79 Å². The van der Waals surface area contributed by atoms with Crippen molar-refractivity contribution < 1.29 is 4.79 Å². The molecule has 0 aromatic rings. The molecule has 0 aromatic carbocycles. The van der Waals surface area contributed by atoms with E-state index in [4.69, 9.17) is 0 Å². The summed E-state index contributed by atoms with van der Waals surface area (Å²) in [4.78, 5) is 16.7. The number of likely N-dealkylation sites (tertiary alicyclic amines) is 1. The Morgan fingerprint density at radius 1 is 1.18 bits per heavy atom. The van der Waals surface area contributed by atoms with Crippen LogP contribution in [0.2, 0.25) is 0 Å². The third kappa shape index (κ3) is 3.19. The summed E-state index contributed by atoms with van der Waals surface area (Å²) in [5.41, 5.74) is 0.0706. The van der Waals surface area contributed by atoms with E-state index in [2.05, 4.69) is 29.0 Å². The predicted molar refractivity (Wildman–Crippen MR) is 69.0 cm³/mol. The molecule has 0 aromatic heterocycles. The summed E-state index contributed by atoms with van der Waals surface area (Å²) in [7, 11) is 0. The lowest BCUT2D eigenvalue weighted by molar-refractivity contribution is -0.135. The first-order chi connectivity index (χ1) is 8.09. The van der Waals surface area contributed by atoms with Gasteiger partial charge in [0.25, 0.3) is 0 Å². The smallest absolute Gasteiger partial charge is 0.237 e. The summed E-state index contributed by atoms with van der Waals surface area (Å²) in [6, 6.07) is 0. The lowest BCUT2D eigenvalue weighted by Crippen LogP contribution is -2.47. The molecule has 17 heavy (non-hydrogen) atoms. The van der Waals surface area contributed by atoms with E-state index in [0.717, 1.165) is 52.0 Å². The monoisotopic (exact) mass is 239 g/mol. The van der Waals surface area contributed by atoms with E-state index >= 15 is 0 Å². The zero-order valence-corrected chi connectivity index (χ0v) is 11.2. The van der Waals surface area contributed by atoms with Gasteiger partial charge >= 0.3 is 0 Å². The fourth-order valence-corrected chi connectivity index (χ4v) is 2.91. The largest absolute Gasteiger partial charge is 0.336 e. The van der Waals surface area contributed by atoms with Crippen molar-refractivity contribution in [3.8, 4) is 0 Å². The van der Waals surface area contributed by atoms with Gasteiger partial charge < -0.3 is 10.2 Å². The quantitative estimate of drug-likeness (QED) is 0.770. The molecule has 4 heteroatoms. The number of carbonyl (C=O) groups excluding carboxylic acids is 1. The maximum Gasteiger partial charge on any atom is 0.237 e. The highest BCUT2D eigenvalue weighted by Gasteiger charge is 2.35. The van der Waals surface area contributed by atoms with Crippen molar-refractivity contribution in [3.63, 3.8) is 0 Å². The third-order valence-electron chi connectivity index (χ3n) is 3.99. The van der Waals surface area contributed by atoms with Crippen LogP contribution in [0.5, 0.6) is 0 Å². The zero-order valence-electron chi connectivity index (χ0n) is 11.2. The number of hydrogen-bond acceptors (Lipinski definition) is 3. The predicted octanol–water partition coefficient (Wildman–Crippen LogP) is 0.683. The number of rotatable bonds is 2. The van der Waals surface area contributed by atoms with Crippen molar-refractivity contribution in [1.29, 1.82) is 0 Å². The molecular formula is C13H25N3O. The second kappa shape index (κ2) is 5.36. The second-order valence-corrected chi connectivity index (χ2v) is 5.84. The fraction of sp³-hybridized carbons (Fsp3) is 0.923. The van der Waals surface area contributed by atoms with Crippen LogP contribution in [0, 0.1) is 0 Å². The van der Waals surface area contributed by atoms with E-state index in [0.29, 0.717) is 12.5 Å². The van der Waals surface area contributed by atoms with Crippen molar-refractivity contribution in [2.45, 2.75) is 38.6 Å². The van der Waals surface area contributed by atoms with Gasteiger partial charge in [0.1, 0.15) is 0 Å². The van der Waals surface area contributed by atoms with Gasteiger partial charge in [-0.3, -0.25) is 9.69 Å². The van der Waals surface area contributed by atoms with Crippen molar-refractivity contribution in [2.24, 2.45) is 0 Å². The maximum atomic E-state index is 12.3. The fourth-order valence-electron chi connectivity index (χ4n) is 2.91. The number of carbonyl (C=O) groups is 1. The highest BCUT2D eigenvalue weighted by atomic mass is 16.2. The normalized spacial score (nSPS) is 25.9. The van der Waals surface area contributed by atoms with Crippen molar-refractivity contribution in [1.82, 2.24) is 15.1 Å². The summed E-state index contributed by atoms with van der Waals surface area (Å²) in [5, 5.41) is 3.37. The van der Waals surface area contributed by atoms with Gasteiger partial charge in [0.2, 0.25) is 5.91 Å². The molecule has 0 radical (unpaired) electrons. The lowest BCUT2D eigenvalue weighted by atomic mass is 10.0. The van der Waals surface area contributed by atoms with E-state index in [-0.39, 0.29) is 5.54 Å². The molecule has 2 aliphatic rings. The summed E-state index contributed by atoms with van der Waals surface area (Å²) in [6.07, 6.45) is 3.44. The van der Waals surface area contributed by atoms with Crippen LogP contribution in [0.3, 0.4) is 0 Å². The average molecular weight is 239 g/mol. The topological polar surface area (TPSA) is 35.6 Å². The van der Waals surface area contributed by atoms with Gasteiger partial charge in [-0.15, -0.1) is 0 Å². The van der Waals surface area contributed by atoms with Gasteiger partial charge in [-0.2, -0.15) is 0 Å². The van der Waals surface area contributed by atoms with Crippen LogP contribution in [0.1, 0.15) is 33.1 Å². The van der Waals surface area contributed by atoms with Gasteiger partial charge in [-0.1, -0.05) is 0 Å². The first-order valence-corrected chi connectivity index (χ1v) is 6.83. The van der Waals surface area contributed by atoms with Gasteiger partial charge in [0.15, 0.2) is 0 Å². The molecule has 2 rings (SSSR count). The van der Waals surface area contributed by atoms with Crippen LogP contribution >= 0.6 is 0 Å². The molecule has 0 spiro atoms. The zero-order chi connectivity index (χ0) is 12.3. The lowest BCUT2D eigenvalue weighted by Gasteiger charge is -2.33. The Morgan fingerprint density at radius 3 is 2.71 bits per heavy atom. The molecule has 0 aliphatic carbocycles. The van der Waals surface area contributed by atoms with Crippen LogP contribution in [0.25, 0.3) is 0 Å². The first kappa shape index (κ1) is 12.8. The molecular weight excluding hydrogens is 214 g/mol. The Labute approximate surface area is 104 Å². The first-order valence-electron chi connectivity index (χ1n) is 6.83. The van der Waals surface area contributed by atoms with Crippen LogP contribution in [-0.4, -0.2) is 60.5 Å². The summed E-state index contributed by atoms with van der Waals surface area (Å²) >= 11 is 0. The third-order valence-corrected chi connectivity index (χ3v) is 3.99. The standard InChI is InChI=1S/C13H25N3O/c1-13(2)5-3-9-16(13)12(17)11-15-8-4-6-14-7-10-15/h14H,3-11H2,1-2H3. The molecule has 2 fully saturated rings. The molecule has 0 saturated carbocycles. The molecule has 98 valence electrons. The minimum Gasteiger partial charge on any atom is -0.336 e. The Bertz CT molecular complexity index is 270. The number of hydrogen-bond donors (Lipinski definition) is 1. The molecule has 1 amide bonds. The van der Waals surface area contributed by atoms with Gasteiger partial charge in [0.05, 0.1) is 6.54 Å². The summed E-state index contributed by atoms with van der Waals surface area (Å²) in [6.45, 7) is 10.1. The van der Waals surface area contributed by atoms with Crippen molar-refractivity contribution >= 4 is 5.91 Å². The Balaban J connectivity index is 1.87. The number of amides is 1. The molecule has 1 N–H and O–H groups in total. The van der Waals surface area contributed by atoms with Crippen LogP contribution < -0.4 is 5.32 Å². The van der Waals surface area contributed by atoms with E-state index < -0.39 is 0 Å². The summed E-state index contributed by atoms with van der Waals surface area (Å²) in [5.74, 6) is 0.314. The van der Waals surface area contributed by atoms with Gasteiger partial charge in [-0.25, -0.2) is 0 Å². The molecule has 0 bridgehead atoms. The molecule has 0 atom stereocenters. The van der Waals surface area contributed by atoms with E-state index in [1.807, 2.05) is 0 Å². The summed E-state index contributed by atoms with van der Waals surface area (Å²) < 4.78 is 0. The van der Waals surface area contributed by atoms with Crippen molar-refractivity contribution in [2.75, 3.05) is 39.3 Å². The SMILES string of the molecule is CC1(C)CCCN1C(=O)CN1CCCNCC1. The van der Waals surface area contributed by atoms with Crippen LogP contribution in [0.4, 0.5) is 0 Å². The minimum atomic E-state index is 0.0706. The van der Waals surface area contributed by atoms with E-state index in [9.17, 15) is 4.79 Å². The minimum absolute atomic E-state index is 0.0706. The average Bonchev–Trinajstić information content (AvgIpc) is 2.50. The highest BCUT2D eigenvalue weighted by molar-refractivity contribution is 5.79. The van der Waals surface area contributed by atoms with Crippen LogP contribution in [0.15, 0.2) is 0 Å². The maximum absolute atomic E-state index is 12.3. The Hall–Kier alpha value is -0.610. The van der Waals surface area contributed by atoms with E-state index in [1.54, 1.807) is 0 Å². The Kier molecular flexibility index (Phi) is 4.05.